The van der Waals surface area contributed by atoms with Gasteiger partial charge in [0.1, 0.15) is 10.6 Å². The zero-order valence-electron chi connectivity index (χ0n) is 18.1. The van der Waals surface area contributed by atoms with Crippen LogP contribution in [0, 0.1) is 5.92 Å². The van der Waals surface area contributed by atoms with Gasteiger partial charge in [-0.3, -0.25) is 9.59 Å². The number of thiophene rings is 1. The largest absolute Gasteiger partial charge is 0.383 e. The molecule has 0 radical (unpaired) electrons. The number of amides is 2. The molecule has 0 bridgehead atoms. The number of aryl methyl sites for hydroxylation is 1. The molecule has 0 saturated carbocycles. The molecule has 1 aliphatic heterocycles. The fourth-order valence-corrected chi connectivity index (χ4v) is 6.74. The first-order chi connectivity index (χ1) is 15.4. The molecule has 0 fully saturated rings. The zero-order valence-corrected chi connectivity index (χ0v) is 19.7. The van der Waals surface area contributed by atoms with Gasteiger partial charge in [-0.05, 0) is 49.8 Å². The van der Waals surface area contributed by atoms with Crippen LogP contribution in [0.25, 0.3) is 10.2 Å². The minimum Gasteiger partial charge on any atom is -0.383 e. The van der Waals surface area contributed by atoms with Crippen molar-refractivity contribution in [2.75, 3.05) is 21.7 Å². The van der Waals surface area contributed by atoms with Gasteiger partial charge in [-0.2, -0.15) is 0 Å². The van der Waals surface area contributed by atoms with Crippen molar-refractivity contribution in [3.63, 3.8) is 0 Å². The van der Waals surface area contributed by atoms with E-state index in [0.29, 0.717) is 28.3 Å². The van der Waals surface area contributed by atoms with E-state index in [9.17, 15) is 9.59 Å². The number of aromatic nitrogens is 2. The lowest BCUT2D eigenvalue weighted by Crippen LogP contribution is -2.40. The minimum atomic E-state index is -0.244. The molecule has 1 aliphatic carbocycles. The number of carbonyl (C=O) groups is 2. The normalized spacial score (nSPS) is 20.4. The molecule has 0 spiro atoms. The number of hydrogen-bond donors (Lipinski definition) is 2. The Bertz CT molecular complexity index is 1220. The topological polar surface area (TPSA) is 101 Å². The first-order valence-electron chi connectivity index (χ1n) is 10.8. The predicted octanol–water partition coefficient (Wildman–Crippen LogP) is 4.25. The van der Waals surface area contributed by atoms with Crippen molar-refractivity contribution < 1.29 is 9.59 Å². The average molecular weight is 468 g/mol. The summed E-state index contributed by atoms with van der Waals surface area (Å²) >= 11 is 2.99. The number of fused-ring (bicyclic) bond motifs is 4. The van der Waals surface area contributed by atoms with Crippen molar-refractivity contribution in [3.8, 4) is 0 Å². The van der Waals surface area contributed by atoms with Crippen molar-refractivity contribution >= 4 is 62.3 Å². The van der Waals surface area contributed by atoms with Crippen molar-refractivity contribution in [1.29, 1.82) is 0 Å². The quantitative estimate of drug-likeness (QED) is 0.441. The van der Waals surface area contributed by atoms with Gasteiger partial charge < -0.3 is 16.0 Å². The number of nitrogens with zero attached hydrogens (tertiary/aromatic N) is 3. The predicted molar refractivity (Wildman–Crippen MR) is 130 cm³/mol. The molecular formula is C23H25N5O2S2. The fourth-order valence-electron chi connectivity index (χ4n) is 4.58. The summed E-state index contributed by atoms with van der Waals surface area (Å²) in [5.74, 6) is 1.16. The Morgan fingerprint density at radius 2 is 2.09 bits per heavy atom. The van der Waals surface area contributed by atoms with E-state index in [0.717, 1.165) is 29.5 Å². The molecule has 2 amide bonds. The van der Waals surface area contributed by atoms with Gasteiger partial charge in [0.05, 0.1) is 22.5 Å². The van der Waals surface area contributed by atoms with Crippen molar-refractivity contribution in [1.82, 2.24) is 9.97 Å². The van der Waals surface area contributed by atoms with Crippen LogP contribution in [0.4, 0.5) is 17.2 Å². The number of anilines is 3. The number of rotatable bonds is 3. The van der Waals surface area contributed by atoms with E-state index >= 15 is 0 Å². The summed E-state index contributed by atoms with van der Waals surface area (Å²) in [6.07, 6.45) is 3.50. The Morgan fingerprint density at radius 3 is 2.94 bits per heavy atom. The van der Waals surface area contributed by atoms with Crippen molar-refractivity contribution in [2.24, 2.45) is 5.92 Å². The molecule has 5 rings (SSSR count). The fraction of sp³-hybridized carbons (Fsp3) is 0.391. The maximum Gasteiger partial charge on any atom is 0.237 e. The highest BCUT2D eigenvalue weighted by atomic mass is 32.2. The van der Waals surface area contributed by atoms with Crippen LogP contribution in [0.2, 0.25) is 0 Å². The average Bonchev–Trinajstić information content (AvgIpc) is 3.04. The van der Waals surface area contributed by atoms with Crippen LogP contribution in [0.5, 0.6) is 0 Å². The second kappa shape index (κ2) is 8.37. The summed E-state index contributed by atoms with van der Waals surface area (Å²) in [5.41, 5.74) is 9.01. The highest BCUT2D eigenvalue weighted by Gasteiger charge is 2.30. The number of nitrogens with two attached hydrogens (primary N) is 1. The molecule has 32 heavy (non-hydrogen) atoms. The molecule has 3 aromatic rings. The zero-order chi connectivity index (χ0) is 22.4. The Hall–Kier alpha value is -2.65. The molecule has 2 atom stereocenters. The van der Waals surface area contributed by atoms with Gasteiger partial charge in [0.2, 0.25) is 11.8 Å². The van der Waals surface area contributed by atoms with Gasteiger partial charge in [0, 0.05) is 17.3 Å². The molecule has 0 saturated heterocycles. The Labute approximate surface area is 194 Å². The van der Waals surface area contributed by atoms with E-state index < -0.39 is 0 Å². The van der Waals surface area contributed by atoms with Crippen LogP contribution in [-0.4, -0.2) is 33.6 Å². The van der Waals surface area contributed by atoms with Crippen molar-refractivity contribution in [2.45, 2.75) is 50.7 Å². The molecule has 3 N–H and O–H groups in total. The van der Waals surface area contributed by atoms with E-state index in [4.69, 9.17) is 10.7 Å². The van der Waals surface area contributed by atoms with Crippen LogP contribution >= 0.6 is 23.1 Å². The maximum absolute atomic E-state index is 13.2. The first kappa shape index (κ1) is 21.2. The van der Waals surface area contributed by atoms with Gasteiger partial charge in [-0.25, -0.2) is 9.97 Å². The van der Waals surface area contributed by atoms with Crippen LogP contribution in [0.3, 0.4) is 0 Å². The molecule has 2 unspecified atom stereocenters. The van der Waals surface area contributed by atoms with E-state index in [1.54, 1.807) is 16.2 Å². The monoisotopic (exact) mass is 467 g/mol. The number of para-hydroxylation sites is 2. The van der Waals surface area contributed by atoms with Crippen molar-refractivity contribution in [3.05, 3.63) is 34.7 Å². The molecule has 9 heteroatoms. The van der Waals surface area contributed by atoms with E-state index in [2.05, 4.69) is 17.2 Å². The number of carbonyl (C=O) groups excluding carboxylic acids is 2. The molecule has 166 valence electrons. The molecule has 2 aliphatic rings. The van der Waals surface area contributed by atoms with Gasteiger partial charge >= 0.3 is 0 Å². The summed E-state index contributed by atoms with van der Waals surface area (Å²) in [6, 6.07) is 7.15. The highest BCUT2D eigenvalue weighted by molar-refractivity contribution is 7.99. The third-order valence-corrected chi connectivity index (χ3v) is 8.10. The first-order valence-corrected chi connectivity index (χ1v) is 12.6. The summed E-state index contributed by atoms with van der Waals surface area (Å²) in [5, 5.41) is 4.39. The van der Waals surface area contributed by atoms with Crippen LogP contribution in [0.15, 0.2) is 29.4 Å². The van der Waals surface area contributed by atoms with E-state index in [1.807, 2.05) is 31.2 Å². The third kappa shape index (κ3) is 3.84. The van der Waals surface area contributed by atoms with Gasteiger partial charge in [-0.1, -0.05) is 30.8 Å². The second-order valence-corrected chi connectivity index (χ2v) is 10.6. The standard InChI is InChI=1S/C23H25N5O2S2/c1-12-7-8-14-17(9-12)32-22-20(14)21(24)26-23(27-22)31-11-19(30)28-13(2)10-18(29)25-15-5-3-4-6-16(15)28/h3-6,12-13H,7-11H2,1-2H3,(H,25,29)(H2,24,26,27). The summed E-state index contributed by atoms with van der Waals surface area (Å²) in [4.78, 5) is 38.6. The lowest BCUT2D eigenvalue weighted by atomic mass is 9.89. The second-order valence-electron chi connectivity index (χ2n) is 8.59. The maximum atomic E-state index is 13.2. The highest BCUT2D eigenvalue weighted by Crippen LogP contribution is 2.40. The molecule has 1 aromatic carbocycles. The Kier molecular flexibility index (Phi) is 5.54. The Morgan fingerprint density at radius 1 is 1.28 bits per heavy atom. The number of hydrogen-bond acceptors (Lipinski definition) is 7. The third-order valence-electron chi connectivity index (χ3n) is 6.12. The van der Waals surface area contributed by atoms with Gasteiger partial charge in [0.15, 0.2) is 5.16 Å². The lowest BCUT2D eigenvalue weighted by molar-refractivity contribution is -0.117. The van der Waals surface area contributed by atoms with Gasteiger partial charge in [-0.15, -0.1) is 11.3 Å². The minimum absolute atomic E-state index is 0.0898. The summed E-state index contributed by atoms with van der Waals surface area (Å²) < 4.78 is 0. The van der Waals surface area contributed by atoms with Gasteiger partial charge in [0.25, 0.3) is 0 Å². The number of thioether (sulfide) groups is 1. The number of benzene rings is 1. The van der Waals surface area contributed by atoms with Crippen LogP contribution < -0.4 is 16.0 Å². The van der Waals surface area contributed by atoms with Crippen LogP contribution in [0.1, 0.15) is 37.1 Å². The molecule has 7 nitrogen and oxygen atoms in total. The molecular weight excluding hydrogens is 442 g/mol. The SMILES string of the molecule is CC1CCc2c(sc3nc(SCC(=O)N4c5ccccc5NC(=O)CC4C)nc(N)c23)C1. The lowest BCUT2D eigenvalue weighted by Gasteiger charge is -2.27. The van der Waals surface area contributed by atoms with E-state index in [1.165, 1.54) is 22.2 Å². The number of nitrogens with one attached hydrogen (secondary N) is 1. The smallest absolute Gasteiger partial charge is 0.237 e. The Balaban J connectivity index is 1.39. The van der Waals surface area contributed by atoms with E-state index in [-0.39, 0.29) is 30.0 Å². The summed E-state index contributed by atoms with van der Waals surface area (Å²) in [7, 11) is 0. The summed E-state index contributed by atoms with van der Waals surface area (Å²) in [6.45, 7) is 4.17. The number of nitrogen functional groups attached to an aromatic ring is 1. The molecule has 3 heterocycles. The molecule has 2 aromatic heterocycles. The van der Waals surface area contributed by atoms with Crippen LogP contribution in [-0.2, 0) is 22.4 Å².